The third kappa shape index (κ3) is 5.92. The molecule has 2 heteroatoms. The summed E-state index contributed by atoms with van der Waals surface area (Å²) in [5, 5.41) is 9.24. The van der Waals surface area contributed by atoms with Gasteiger partial charge in [0.2, 0.25) is 0 Å². The van der Waals surface area contributed by atoms with Crippen molar-refractivity contribution in [2.45, 2.75) is 52.9 Å². The Bertz CT molecular complexity index is 459. The van der Waals surface area contributed by atoms with Crippen molar-refractivity contribution in [3.8, 4) is 5.75 Å². The number of rotatable bonds is 8. The van der Waals surface area contributed by atoms with Gasteiger partial charge in [-0.15, -0.1) is 0 Å². The van der Waals surface area contributed by atoms with E-state index in [1.165, 1.54) is 5.56 Å². The highest BCUT2D eigenvalue weighted by Gasteiger charge is 2.14. The van der Waals surface area contributed by atoms with Crippen molar-refractivity contribution in [1.82, 2.24) is 0 Å². The van der Waals surface area contributed by atoms with E-state index in [1.54, 1.807) is 7.11 Å². The molecule has 0 heterocycles. The van der Waals surface area contributed by atoms with Gasteiger partial charge < -0.3 is 9.84 Å². The standard InChI is InChI=1S/C19H30O2/c1-15(2)16-10-11-18(21-5)17(13-16)9-7-6-8-12-19(3,4)14-20/h7,9-11,13,15,20H,6,8,12,14H2,1-5H3/b9-7+. The highest BCUT2D eigenvalue weighted by Crippen LogP contribution is 2.26. The summed E-state index contributed by atoms with van der Waals surface area (Å²) in [6.07, 6.45) is 7.51. The van der Waals surface area contributed by atoms with Gasteiger partial charge in [0.15, 0.2) is 0 Å². The number of hydrogen-bond acceptors (Lipinski definition) is 2. The second-order valence-electron chi connectivity index (χ2n) is 6.77. The number of benzene rings is 1. The Labute approximate surface area is 129 Å². The first kappa shape index (κ1) is 17.8. The summed E-state index contributed by atoms with van der Waals surface area (Å²) in [4.78, 5) is 0. The fraction of sp³-hybridized carbons (Fsp3) is 0.579. The van der Waals surface area contributed by atoms with Gasteiger partial charge in [-0.05, 0) is 48.3 Å². The first-order valence-corrected chi connectivity index (χ1v) is 7.85. The molecular weight excluding hydrogens is 260 g/mol. The SMILES string of the molecule is COc1ccc(C(C)C)cc1/C=C/CCCC(C)(C)CO. The molecule has 0 fully saturated rings. The summed E-state index contributed by atoms with van der Waals surface area (Å²) in [5.74, 6) is 1.44. The van der Waals surface area contributed by atoms with Crippen molar-refractivity contribution in [3.05, 3.63) is 35.4 Å². The van der Waals surface area contributed by atoms with Crippen LogP contribution >= 0.6 is 0 Å². The highest BCUT2D eigenvalue weighted by atomic mass is 16.5. The Balaban J connectivity index is 2.64. The molecule has 0 bridgehead atoms. The van der Waals surface area contributed by atoms with Gasteiger partial charge in [-0.25, -0.2) is 0 Å². The lowest BCUT2D eigenvalue weighted by Crippen LogP contribution is -2.15. The van der Waals surface area contributed by atoms with Gasteiger partial charge in [0, 0.05) is 12.2 Å². The molecule has 0 aliphatic rings. The second-order valence-corrected chi connectivity index (χ2v) is 6.77. The van der Waals surface area contributed by atoms with Crippen LogP contribution in [0.3, 0.4) is 0 Å². The molecule has 1 aromatic rings. The number of unbranched alkanes of at least 4 members (excludes halogenated alkanes) is 1. The molecule has 0 atom stereocenters. The first-order valence-electron chi connectivity index (χ1n) is 7.85. The molecule has 0 unspecified atom stereocenters. The molecule has 0 radical (unpaired) electrons. The lowest BCUT2D eigenvalue weighted by atomic mass is 9.88. The van der Waals surface area contributed by atoms with Crippen LogP contribution in [0.1, 0.15) is 64.0 Å². The van der Waals surface area contributed by atoms with Gasteiger partial charge in [0.05, 0.1) is 7.11 Å². The van der Waals surface area contributed by atoms with E-state index in [9.17, 15) is 5.11 Å². The van der Waals surface area contributed by atoms with Gasteiger partial charge in [0.1, 0.15) is 5.75 Å². The maximum Gasteiger partial charge on any atom is 0.126 e. The predicted octanol–water partition coefficient (Wildman–Crippen LogP) is 5.02. The van der Waals surface area contributed by atoms with Crippen LogP contribution in [-0.2, 0) is 0 Å². The van der Waals surface area contributed by atoms with E-state index in [0.29, 0.717) is 5.92 Å². The van der Waals surface area contributed by atoms with E-state index in [2.05, 4.69) is 52.0 Å². The molecule has 0 saturated heterocycles. The smallest absolute Gasteiger partial charge is 0.126 e. The Morgan fingerprint density at radius 1 is 1.29 bits per heavy atom. The maximum atomic E-state index is 9.24. The maximum absolute atomic E-state index is 9.24. The molecule has 0 spiro atoms. The van der Waals surface area contributed by atoms with Crippen molar-refractivity contribution >= 4 is 6.08 Å². The van der Waals surface area contributed by atoms with E-state index in [0.717, 1.165) is 30.6 Å². The Kier molecular flexibility index (Phi) is 6.97. The fourth-order valence-corrected chi connectivity index (χ4v) is 2.23. The number of aliphatic hydroxyl groups excluding tert-OH is 1. The molecule has 1 aromatic carbocycles. The van der Waals surface area contributed by atoms with Crippen LogP contribution in [-0.4, -0.2) is 18.8 Å². The van der Waals surface area contributed by atoms with E-state index in [4.69, 9.17) is 4.74 Å². The molecule has 1 rings (SSSR count). The van der Waals surface area contributed by atoms with Crippen molar-refractivity contribution < 1.29 is 9.84 Å². The van der Waals surface area contributed by atoms with Crippen LogP contribution in [0, 0.1) is 5.41 Å². The van der Waals surface area contributed by atoms with E-state index in [1.807, 2.05) is 6.07 Å². The van der Waals surface area contributed by atoms with Crippen LogP contribution in [0.5, 0.6) is 5.75 Å². The van der Waals surface area contributed by atoms with Crippen LogP contribution < -0.4 is 4.74 Å². The molecule has 1 N–H and O–H groups in total. The lowest BCUT2D eigenvalue weighted by molar-refractivity contribution is 0.148. The largest absolute Gasteiger partial charge is 0.496 e. The Morgan fingerprint density at radius 3 is 2.57 bits per heavy atom. The van der Waals surface area contributed by atoms with Gasteiger partial charge in [-0.1, -0.05) is 45.9 Å². The van der Waals surface area contributed by atoms with E-state index < -0.39 is 0 Å². The minimum atomic E-state index is 0.0308. The number of ether oxygens (including phenoxy) is 1. The molecule has 118 valence electrons. The second kappa shape index (κ2) is 8.23. The van der Waals surface area contributed by atoms with Crippen LogP contribution in [0.2, 0.25) is 0 Å². The molecule has 0 aliphatic heterocycles. The molecule has 2 nitrogen and oxygen atoms in total. The zero-order valence-electron chi connectivity index (χ0n) is 14.1. The molecular formula is C19H30O2. The third-order valence-electron chi connectivity index (χ3n) is 3.87. The molecule has 21 heavy (non-hydrogen) atoms. The topological polar surface area (TPSA) is 29.5 Å². The number of aliphatic hydroxyl groups is 1. The third-order valence-corrected chi connectivity index (χ3v) is 3.87. The number of methoxy groups -OCH3 is 1. The van der Waals surface area contributed by atoms with Crippen LogP contribution in [0.25, 0.3) is 6.08 Å². The fourth-order valence-electron chi connectivity index (χ4n) is 2.23. The quantitative estimate of drug-likeness (QED) is 0.681. The monoisotopic (exact) mass is 290 g/mol. The van der Waals surface area contributed by atoms with Crippen LogP contribution in [0.15, 0.2) is 24.3 Å². The first-order chi connectivity index (χ1) is 9.89. The Hall–Kier alpha value is -1.28. The molecule has 0 aliphatic carbocycles. The Morgan fingerprint density at radius 2 is 2.00 bits per heavy atom. The minimum absolute atomic E-state index is 0.0308. The molecule has 0 aromatic heterocycles. The number of hydrogen-bond donors (Lipinski definition) is 1. The van der Waals surface area contributed by atoms with Gasteiger partial charge in [0.25, 0.3) is 0 Å². The van der Waals surface area contributed by atoms with E-state index in [-0.39, 0.29) is 12.0 Å². The normalized spacial score (nSPS) is 12.3. The van der Waals surface area contributed by atoms with Gasteiger partial charge >= 0.3 is 0 Å². The predicted molar refractivity (Wildman–Crippen MR) is 90.8 cm³/mol. The van der Waals surface area contributed by atoms with Gasteiger partial charge in [-0.2, -0.15) is 0 Å². The van der Waals surface area contributed by atoms with Crippen molar-refractivity contribution in [3.63, 3.8) is 0 Å². The summed E-state index contributed by atoms with van der Waals surface area (Å²) in [5.41, 5.74) is 2.50. The molecule has 0 saturated carbocycles. The summed E-state index contributed by atoms with van der Waals surface area (Å²) >= 11 is 0. The zero-order chi connectivity index (χ0) is 15.9. The number of allylic oxidation sites excluding steroid dienone is 1. The summed E-state index contributed by atoms with van der Waals surface area (Å²) in [6, 6.07) is 6.38. The highest BCUT2D eigenvalue weighted by molar-refractivity contribution is 5.58. The summed E-state index contributed by atoms with van der Waals surface area (Å²) < 4.78 is 5.42. The van der Waals surface area contributed by atoms with Gasteiger partial charge in [-0.3, -0.25) is 0 Å². The van der Waals surface area contributed by atoms with Crippen LogP contribution in [0.4, 0.5) is 0 Å². The van der Waals surface area contributed by atoms with Crippen molar-refractivity contribution in [1.29, 1.82) is 0 Å². The average molecular weight is 290 g/mol. The summed E-state index contributed by atoms with van der Waals surface area (Å²) in [7, 11) is 1.71. The zero-order valence-corrected chi connectivity index (χ0v) is 14.1. The summed E-state index contributed by atoms with van der Waals surface area (Å²) in [6.45, 7) is 8.86. The van der Waals surface area contributed by atoms with E-state index >= 15 is 0 Å². The van der Waals surface area contributed by atoms with Crippen molar-refractivity contribution in [2.75, 3.05) is 13.7 Å². The molecule has 0 amide bonds. The van der Waals surface area contributed by atoms with Crippen molar-refractivity contribution in [2.24, 2.45) is 5.41 Å². The average Bonchev–Trinajstić information content (AvgIpc) is 2.46. The lowest BCUT2D eigenvalue weighted by Gasteiger charge is -2.20. The minimum Gasteiger partial charge on any atom is -0.496 e.